The number of alkyl halides is 3. The summed E-state index contributed by atoms with van der Waals surface area (Å²) in [6, 6.07) is 12.3. The Morgan fingerprint density at radius 2 is 1.88 bits per heavy atom. The lowest BCUT2D eigenvalue weighted by Gasteiger charge is -2.11. The minimum absolute atomic E-state index is 0.205. The first-order valence-corrected chi connectivity index (χ1v) is 7.33. The largest absolute Gasteiger partial charge is 0.456 e. The zero-order valence-corrected chi connectivity index (χ0v) is 12.9. The van der Waals surface area contributed by atoms with E-state index in [4.69, 9.17) is 16.3 Å². The van der Waals surface area contributed by atoms with Crippen molar-refractivity contribution < 1.29 is 22.7 Å². The van der Waals surface area contributed by atoms with Gasteiger partial charge in [0.05, 0.1) is 10.6 Å². The van der Waals surface area contributed by atoms with E-state index in [0.29, 0.717) is 0 Å². The van der Waals surface area contributed by atoms with E-state index in [1.165, 1.54) is 6.07 Å². The van der Waals surface area contributed by atoms with Gasteiger partial charge in [-0.25, -0.2) is 4.79 Å². The van der Waals surface area contributed by atoms with Crippen LogP contribution in [0.15, 0.2) is 48.5 Å². The molecule has 0 unspecified atom stereocenters. The topological polar surface area (TPSA) is 42.1 Å². The monoisotopic (exact) mass is 353 g/mol. The smallest absolute Gasteiger partial charge is 0.417 e. The molecule has 2 aromatic carbocycles. The number of halogens is 4. The Morgan fingerprint density at radius 3 is 2.58 bits per heavy atom. The third-order valence-corrected chi connectivity index (χ3v) is 3.79. The van der Waals surface area contributed by atoms with Crippen molar-refractivity contribution in [3.05, 3.63) is 70.4 Å². The molecular weight excluding hydrogens is 343 g/mol. The average Bonchev–Trinajstić information content (AvgIpc) is 2.97. The number of aromatic nitrogens is 1. The van der Waals surface area contributed by atoms with Crippen LogP contribution in [0.3, 0.4) is 0 Å². The SMILES string of the molecule is O=C(OCc1ccc(Cl)c(C(F)(F)F)c1)c1cc2ccccc2[nH]1. The van der Waals surface area contributed by atoms with E-state index in [1.807, 2.05) is 18.2 Å². The van der Waals surface area contributed by atoms with Gasteiger partial charge in [0.25, 0.3) is 0 Å². The zero-order chi connectivity index (χ0) is 17.3. The molecule has 0 saturated heterocycles. The van der Waals surface area contributed by atoms with Gasteiger partial charge in [0.15, 0.2) is 0 Å². The van der Waals surface area contributed by atoms with Crippen LogP contribution in [-0.4, -0.2) is 11.0 Å². The Bertz CT molecular complexity index is 869. The number of fused-ring (bicyclic) bond motifs is 1. The Kier molecular flexibility index (Phi) is 4.24. The first-order chi connectivity index (χ1) is 11.3. The summed E-state index contributed by atoms with van der Waals surface area (Å²) in [5.74, 6) is -0.644. The van der Waals surface area contributed by atoms with Crippen LogP contribution in [0.25, 0.3) is 10.9 Å². The number of ether oxygens (including phenoxy) is 1. The maximum absolute atomic E-state index is 12.8. The quantitative estimate of drug-likeness (QED) is 0.658. The number of esters is 1. The second-order valence-electron chi connectivity index (χ2n) is 5.16. The van der Waals surface area contributed by atoms with E-state index in [-0.39, 0.29) is 17.9 Å². The van der Waals surface area contributed by atoms with Crippen molar-refractivity contribution in [3.8, 4) is 0 Å². The molecule has 24 heavy (non-hydrogen) atoms. The van der Waals surface area contributed by atoms with Crippen molar-refractivity contribution >= 4 is 28.5 Å². The lowest BCUT2D eigenvalue weighted by molar-refractivity contribution is -0.137. The van der Waals surface area contributed by atoms with Crippen molar-refractivity contribution in [3.63, 3.8) is 0 Å². The molecule has 3 nitrogen and oxygen atoms in total. The van der Waals surface area contributed by atoms with Gasteiger partial charge in [-0.1, -0.05) is 35.9 Å². The molecule has 0 saturated carbocycles. The van der Waals surface area contributed by atoms with E-state index < -0.39 is 22.7 Å². The van der Waals surface area contributed by atoms with Crippen molar-refractivity contribution in [2.45, 2.75) is 12.8 Å². The van der Waals surface area contributed by atoms with Gasteiger partial charge in [-0.2, -0.15) is 13.2 Å². The van der Waals surface area contributed by atoms with Crippen molar-refractivity contribution in [1.82, 2.24) is 4.98 Å². The molecule has 0 amide bonds. The third-order valence-electron chi connectivity index (χ3n) is 3.46. The fourth-order valence-electron chi connectivity index (χ4n) is 2.29. The van der Waals surface area contributed by atoms with Crippen LogP contribution < -0.4 is 0 Å². The number of hydrogen-bond acceptors (Lipinski definition) is 2. The number of rotatable bonds is 3. The molecule has 3 rings (SSSR count). The molecule has 0 fully saturated rings. The predicted molar refractivity (Wildman–Crippen MR) is 83.9 cm³/mol. The lowest BCUT2D eigenvalue weighted by Crippen LogP contribution is -2.09. The number of benzene rings is 2. The van der Waals surface area contributed by atoms with E-state index in [9.17, 15) is 18.0 Å². The molecule has 3 aromatic rings. The van der Waals surface area contributed by atoms with E-state index in [1.54, 1.807) is 12.1 Å². The van der Waals surface area contributed by atoms with E-state index >= 15 is 0 Å². The van der Waals surface area contributed by atoms with Crippen LogP contribution in [0.5, 0.6) is 0 Å². The van der Waals surface area contributed by atoms with Gasteiger partial charge in [0.1, 0.15) is 12.3 Å². The lowest BCUT2D eigenvalue weighted by atomic mass is 10.1. The van der Waals surface area contributed by atoms with Gasteiger partial charge in [-0.15, -0.1) is 0 Å². The van der Waals surface area contributed by atoms with Crippen molar-refractivity contribution in [1.29, 1.82) is 0 Å². The minimum Gasteiger partial charge on any atom is -0.456 e. The highest BCUT2D eigenvalue weighted by Crippen LogP contribution is 2.35. The first-order valence-electron chi connectivity index (χ1n) is 6.95. The highest BCUT2D eigenvalue weighted by molar-refractivity contribution is 6.31. The Hall–Kier alpha value is -2.47. The van der Waals surface area contributed by atoms with Crippen LogP contribution in [0.4, 0.5) is 13.2 Å². The average molecular weight is 354 g/mol. The number of nitrogens with one attached hydrogen (secondary N) is 1. The molecule has 1 N–H and O–H groups in total. The van der Waals surface area contributed by atoms with Crippen LogP contribution in [-0.2, 0) is 17.5 Å². The fourth-order valence-corrected chi connectivity index (χ4v) is 2.51. The summed E-state index contributed by atoms with van der Waals surface area (Å²) >= 11 is 5.55. The molecule has 0 aliphatic heterocycles. The molecular formula is C17H11ClF3NO2. The minimum atomic E-state index is -4.56. The fraction of sp³-hybridized carbons (Fsp3) is 0.118. The Morgan fingerprint density at radius 1 is 1.12 bits per heavy atom. The standard InChI is InChI=1S/C17H11ClF3NO2/c18-13-6-5-10(7-12(13)17(19,20)21)9-24-16(23)15-8-11-3-1-2-4-14(11)22-15/h1-8,22H,9H2. The summed E-state index contributed by atoms with van der Waals surface area (Å²) in [6.45, 7) is -0.283. The second kappa shape index (κ2) is 6.20. The normalized spacial score (nSPS) is 11.7. The Balaban J connectivity index is 1.74. The molecule has 0 aliphatic rings. The summed E-state index contributed by atoms with van der Waals surface area (Å²) in [5, 5.41) is 0.448. The molecule has 1 aromatic heterocycles. The van der Waals surface area contributed by atoms with Crippen LogP contribution in [0, 0.1) is 0 Å². The highest BCUT2D eigenvalue weighted by Gasteiger charge is 2.33. The van der Waals surface area contributed by atoms with Gasteiger partial charge in [-0.05, 0) is 29.8 Å². The summed E-state index contributed by atoms with van der Waals surface area (Å²) in [4.78, 5) is 14.9. The second-order valence-corrected chi connectivity index (χ2v) is 5.57. The first kappa shape index (κ1) is 16.4. The van der Waals surface area contributed by atoms with Gasteiger partial charge >= 0.3 is 12.1 Å². The number of H-pyrrole nitrogens is 1. The summed E-state index contributed by atoms with van der Waals surface area (Å²) in [7, 11) is 0. The highest BCUT2D eigenvalue weighted by atomic mass is 35.5. The van der Waals surface area contributed by atoms with Crippen molar-refractivity contribution in [2.75, 3.05) is 0 Å². The maximum atomic E-state index is 12.8. The number of carbonyl (C=O) groups is 1. The zero-order valence-electron chi connectivity index (χ0n) is 12.2. The van der Waals surface area contributed by atoms with Gasteiger partial charge < -0.3 is 9.72 Å². The van der Waals surface area contributed by atoms with Gasteiger partial charge in [0, 0.05) is 10.9 Å². The number of aromatic amines is 1. The molecule has 0 radical (unpaired) electrons. The van der Waals surface area contributed by atoms with Gasteiger partial charge in [-0.3, -0.25) is 0 Å². The number of carbonyl (C=O) groups excluding carboxylic acids is 1. The summed E-state index contributed by atoms with van der Waals surface area (Å²) < 4.78 is 43.5. The van der Waals surface area contributed by atoms with Crippen molar-refractivity contribution in [2.24, 2.45) is 0 Å². The predicted octanol–water partition coefficient (Wildman–Crippen LogP) is 5.20. The molecule has 0 aliphatic carbocycles. The molecule has 0 bridgehead atoms. The molecule has 7 heteroatoms. The van der Waals surface area contributed by atoms with Crippen LogP contribution in [0.2, 0.25) is 5.02 Å². The maximum Gasteiger partial charge on any atom is 0.417 e. The van der Waals surface area contributed by atoms with E-state index in [2.05, 4.69) is 4.98 Å². The number of hydrogen-bond donors (Lipinski definition) is 1. The number of para-hydroxylation sites is 1. The molecule has 0 spiro atoms. The third kappa shape index (κ3) is 3.38. The molecule has 0 atom stereocenters. The summed E-state index contributed by atoms with van der Waals surface area (Å²) in [5.41, 5.74) is 0.260. The molecule has 1 heterocycles. The van der Waals surface area contributed by atoms with Crippen LogP contribution >= 0.6 is 11.6 Å². The van der Waals surface area contributed by atoms with E-state index in [0.717, 1.165) is 23.0 Å². The van der Waals surface area contributed by atoms with Crippen LogP contribution in [0.1, 0.15) is 21.6 Å². The van der Waals surface area contributed by atoms with Gasteiger partial charge in [0.2, 0.25) is 0 Å². The Labute approximate surface area is 140 Å². The molecule has 124 valence electrons. The summed E-state index contributed by atoms with van der Waals surface area (Å²) in [6.07, 6.45) is -4.56.